The minimum atomic E-state index is -3.69. The zero-order chi connectivity index (χ0) is 17.2. The van der Waals surface area contributed by atoms with Gasteiger partial charge in [0.1, 0.15) is 12.6 Å². The Bertz CT molecular complexity index is 770. The third kappa shape index (κ3) is 3.58. The third-order valence-corrected chi connectivity index (χ3v) is 5.28. The summed E-state index contributed by atoms with van der Waals surface area (Å²) in [5, 5.41) is 2.08. The van der Waals surface area contributed by atoms with Crippen LogP contribution in [0.15, 0.2) is 34.1 Å². The van der Waals surface area contributed by atoms with E-state index in [-0.39, 0.29) is 9.80 Å². The van der Waals surface area contributed by atoms with Gasteiger partial charge in [-0.3, -0.25) is 4.79 Å². The van der Waals surface area contributed by atoms with Gasteiger partial charge >= 0.3 is 12.1 Å². The molecule has 2 rings (SSSR count). The van der Waals surface area contributed by atoms with Crippen LogP contribution in [0.4, 0.5) is 9.18 Å². The maximum Gasteiger partial charge on any atom is 0.408 e. The number of benzene rings is 1. The lowest BCUT2D eigenvalue weighted by Gasteiger charge is -2.17. The van der Waals surface area contributed by atoms with Crippen LogP contribution < -0.4 is 5.32 Å². The Morgan fingerprint density at radius 3 is 2.48 bits per heavy atom. The Morgan fingerprint density at radius 2 is 1.91 bits per heavy atom. The Morgan fingerprint density at radius 1 is 1.26 bits per heavy atom. The van der Waals surface area contributed by atoms with Crippen molar-refractivity contribution in [3.05, 3.63) is 34.7 Å². The molecule has 0 radical (unpaired) electrons. The van der Waals surface area contributed by atoms with Gasteiger partial charge in [0.05, 0.1) is 9.80 Å². The highest BCUT2D eigenvalue weighted by atomic mass is 32.2. The molecule has 124 valence electrons. The average molecular weight is 341 g/mol. The maximum absolute atomic E-state index is 12.8. The number of amides is 1. The summed E-state index contributed by atoms with van der Waals surface area (Å²) in [5.41, 5.74) is 0.519. The molecule has 0 saturated heterocycles. The van der Waals surface area contributed by atoms with Crippen LogP contribution in [0.1, 0.15) is 19.4 Å². The van der Waals surface area contributed by atoms with Crippen LogP contribution in [0.2, 0.25) is 0 Å². The molecule has 1 amide bonds. The number of rotatable bonds is 5. The molecular weight excluding hydrogens is 325 g/mol. The normalized spacial score (nSPS) is 16.4. The molecule has 1 aliphatic rings. The number of hydrogen-bond donors (Lipinski definition) is 1. The van der Waals surface area contributed by atoms with Crippen LogP contribution in [-0.2, 0) is 19.4 Å². The van der Waals surface area contributed by atoms with E-state index < -0.39 is 40.5 Å². The van der Waals surface area contributed by atoms with Gasteiger partial charge in [0.2, 0.25) is 9.84 Å². The Balaban J connectivity index is 2.03. The molecule has 1 aliphatic heterocycles. The topological polar surface area (TPSA) is 89.5 Å². The van der Waals surface area contributed by atoms with Gasteiger partial charge in [-0.25, -0.2) is 13.2 Å². The summed E-state index contributed by atoms with van der Waals surface area (Å²) in [6.07, 6.45) is 0.361. The predicted molar refractivity (Wildman–Crippen MR) is 80.8 cm³/mol. The molecule has 1 atom stereocenters. The molecule has 1 aromatic rings. The fourth-order valence-electron chi connectivity index (χ4n) is 2.15. The van der Waals surface area contributed by atoms with E-state index in [2.05, 4.69) is 5.32 Å². The van der Waals surface area contributed by atoms with Crippen molar-refractivity contribution in [1.29, 1.82) is 0 Å². The van der Waals surface area contributed by atoms with Crippen molar-refractivity contribution in [3.63, 3.8) is 0 Å². The van der Waals surface area contributed by atoms with E-state index >= 15 is 0 Å². The third-order valence-electron chi connectivity index (χ3n) is 3.40. The first-order valence-electron chi connectivity index (χ1n) is 6.91. The summed E-state index contributed by atoms with van der Waals surface area (Å²) in [6.45, 7) is 2.63. The minimum Gasteiger partial charge on any atom is -0.444 e. The summed E-state index contributed by atoms with van der Waals surface area (Å²) in [5.74, 6) is -0.460. The van der Waals surface area contributed by atoms with Gasteiger partial charge in [0.15, 0.2) is 0 Å². The Hall–Kier alpha value is -2.22. The van der Waals surface area contributed by atoms with Crippen molar-refractivity contribution < 1.29 is 27.1 Å². The van der Waals surface area contributed by atoms with Gasteiger partial charge in [0, 0.05) is 0 Å². The average Bonchev–Trinajstić information content (AvgIpc) is 2.73. The summed E-state index contributed by atoms with van der Waals surface area (Å²) in [6, 6.07) is 3.38. The number of sulfone groups is 1. The van der Waals surface area contributed by atoms with Crippen molar-refractivity contribution in [2.75, 3.05) is 6.61 Å². The Kier molecular flexibility index (Phi) is 4.84. The van der Waals surface area contributed by atoms with E-state index in [0.29, 0.717) is 5.56 Å². The molecular formula is C15H16FNO5S. The second-order valence-electron chi connectivity index (χ2n) is 5.40. The second-order valence-corrected chi connectivity index (χ2v) is 7.37. The molecule has 0 saturated carbocycles. The molecule has 1 heterocycles. The van der Waals surface area contributed by atoms with E-state index in [1.165, 1.54) is 12.1 Å². The molecule has 0 aliphatic carbocycles. The number of hydrogen-bond acceptors (Lipinski definition) is 5. The molecule has 1 aromatic carbocycles. The first kappa shape index (κ1) is 17.1. The fraction of sp³-hybridized carbons (Fsp3) is 0.333. The number of nitrogens with one attached hydrogen (secondary N) is 1. The van der Waals surface area contributed by atoms with Gasteiger partial charge in [0.25, 0.3) is 0 Å². The predicted octanol–water partition coefficient (Wildman–Crippen LogP) is 2.06. The lowest BCUT2D eigenvalue weighted by Crippen LogP contribution is -2.43. The van der Waals surface area contributed by atoms with Crippen molar-refractivity contribution in [2.24, 2.45) is 5.92 Å². The first-order chi connectivity index (χ1) is 10.7. The summed E-state index contributed by atoms with van der Waals surface area (Å²) < 4.78 is 42.1. The number of carbonyl (C=O) groups excluding carboxylic acids is 2. The molecule has 1 N–H and O–H groups in total. The standard InChI is InChI=1S/C15H16FNO5S/c1-9(2)13(14(16)18)17-15(19)22-8-11-7-10-5-3-4-6-12(10)23(11,20)21/h3-7,9,13H,8H2,1-2H3,(H,17,19)/t13-/m0/s1. The van der Waals surface area contributed by atoms with Crippen molar-refractivity contribution in [2.45, 2.75) is 24.8 Å². The van der Waals surface area contributed by atoms with Gasteiger partial charge in [-0.05, 0) is 23.6 Å². The van der Waals surface area contributed by atoms with E-state index in [1.807, 2.05) is 0 Å². The monoisotopic (exact) mass is 341 g/mol. The van der Waals surface area contributed by atoms with Crippen LogP contribution in [-0.4, -0.2) is 33.2 Å². The van der Waals surface area contributed by atoms with E-state index in [1.54, 1.807) is 32.0 Å². The van der Waals surface area contributed by atoms with Crippen LogP contribution in [0.25, 0.3) is 6.08 Å². The Labute approximate surface area is 133 Å². The molecule has 0 spiro atoms. The van der Waals surface area contributed by atoms with E-state index in [4.69, 9.17) is 4.74 Å². The zero-order valence-corrected chi connectivity index (χ0v) is 13.4. The number of alkyl carbamates (subject to hydrolysis) is 1. The quantitative estimate of drug-likeness (QED) is 0.828. The van der Waals surface area contributed by atoms with Gasteiger partial charge in [-0.15, -0.1) is 0 Å². The molecule has 23 heavy (non-hydrogen) atoms. The van der Waals surface area contributed by atoms with Gasteiger partial charge < -0.3 is 10.1 Å². The smallest absolute Gasteiger partial charge is 0.408 e. The highest BCUT2D eigenvalue weighted by molar-refractivity contribution is 7.95. The van der Waals surface area contributed by atoms with Crippen molar-refractivity contribution >= 4 is 28.0 Å². The molecule has 0 aromatic heterocycles. The summed E-state index contributed by atoms with van der Waals surface area (Å²) in [4.78, 5) is 22.5. The van der Waals surface area contributed by atoms with Crippen LogP contribution in [0, 0.1) is 5.92 Å². The number of carbonyl (C=O) groups is 2. The summed E-state index contributed by atoms with van der Waals surface area (Å²) >= 11 is 0. The van der Waals surface area contributed by atoms with E-state index in [0.717, 1.165) is 0 Å². The second kappa shape index (κ2) is 6.49. The maximum atomic E-state index is 12.8. The van der Waals surface area contributed by atoms with Crippen molar-refractivity contribution in [1.82, 2.24) is 5.32 Å². The largest absolute Gasteiger partial charge is 0.444 e. The minimum absolute atomic E-state index is 0.0680. The molecule has 6 nitrogen and oxygen atoms in total. The fourth-order valence-corrected chi connectivity index (χ4v) is 3.62. The van der Waals surface area contributed by atoms with Crippen LogP contribution >= 0.6 is 0 Å². The lowest BCUT2D eigenvalue weighted by atomic mass is 10.1. The van der Waals surface area contributed by atoms with Gasteiger partial charge in [-0.2, -0.15) is 4.39 Å². The summed E-state index contributed by atoms with van der Waals surface area (Å²) in [7, 11) is -3.69. The lowest BCUT2D eigenvalue weighted by molar-refractivity contribution is -0.132. The number of ether oxygens (including phenoxy) is 1. The van der Waals surface area contributed by atoms with Crippen LogP contribution in [0.3, 0.4) is 0 Å². The molecule has 8 heteroatoms. The SMILES string of the molecule is CC(C)[C@H](NC(=O)OCC1=Cc2ccccc2S1(=O)=O)C(=O)F. The number of fused-ring (bicyclic) bond motifs is 1. The zero-order valence-electron chi connectivity index (χ0n) is 12.6. The van der Waals surface area contributed by atoms with Crippen LogP contribution in [0.5, 0.6) is 0 Å². The van der Waals surface area contributed by atoms with Gasteiger partial charge in [-0.1, -0.05) is 32.0 Å². The molecule has 0 unspecified atom stereocenters. The highest BCUT2D eigenvalue weighted by Crippen LogP contribution is 2.32. The molecule has 0 fully saturated rings. The number of halogens is 1. The highest BCUT2D eigenvalue weighted by Gasteiger charge is 2.30. The van der Waals surface area contributed by atoms with Crippen molar-refractivity contribution in [3.8, 4) is 0 Å². The van der Waals surface area contributed by atoms with E-state index in [9.17, 15) is 22.4 Å². The first-order valence-corrected chi connectivity index (χ1v) is 8.39. The molecule has 0 bridgehead atoms.